The average molecular weight is 377 g/mol. The quantitative estimate of drug-likeness (QED) is 0.706. The summed E-state index contributed by atoms with van der Waals surface area (Å²) in [5, 5.41) is 7.44. The molecule has 6 heteroatoms. The highest BCUT2D eigenvalue weighted by molar-refractivity contribution is 7.98. The second kappa shape index (κ2) is 7.40. The topological polar surface area (TPSA) is 64.0 Å². The van der Waals surface area contributed by atoms with Gasteiger partial charge in [0.05, 0.1) is 5.69 Å². The predicted molar refractivity (Wildman–Crippen MR) is 108 cm³/mol. The Hall–Kier alpha value is -2.86. The molecule has 1 aliphatic heterocycles. The third kappa shape index (κ3) is 3.53. The first-order valence-electron chi connectivity index (χ1n) is 8.79. The van der Waals surface area contributed by atoms with Crippen molar-refractivity contribution in [2.45, 2.75) is 23.8 Å². The van der Waals surface area contributed by atoms with Crippen molar-refractivity contribution in [1.82, 2.24) is 9.78 Å². The second-order valence-electron chi connectivity index (χ2n) is 6.43. The Morgan fingerprint density at radius 2 is 1.81 bits per heavy atom. The summed E-state index contributed by atoms with van der Waals surface area (Å²) in [7, 11) is 0. The minimum absolute atomic E-state index is 0.204. The van der Waals surface area contributed by atoms with Gasteiger partial charge in [-0.25, -0.2) is 4.68 Å². The summed E-state index contributed by atoms with van der Waals surface area (Å²) in [4.78, 5) is 26.4. The van der Waals surface area contributed by atoms with Crippen molar-refractivity contribution in [2.75, 3.05) is 11.6 Å². The number of thioether (sulfide) groups is 1. The van der Waals surface area contributed by atoms with Crippen molar-refractivity contribution in [2.24, 2.45) is 0 Å². The number of para-hydroxylation sites is 1. The fraction of sp³-hybridized carbons (Fsp3) is 0.190. The number of hydrogen-bond acceptors (Lipinski definition) is 4. The fourth-order valence-electron chi connectivity index (χ4n) is 3.30. The molecular formula is C21H19N3O2S. The Balaban J connectivity index is 1.69. The molecule has 5 nitrogen and oxygen atoms in total. The van der Waals surface area contributed by atoms with Gasteiger partial charge < -0.3 is 5.32 Å². The molecule has 136 valence electrons. The molecule has 2 heterocycles. The van der Waals surface area contributed by atoms with E-state index in [9.17, 15) is 9.59 Å². The van der Waals surface area contributed by atoms with Gasteiger partial charge in [-0.05, 0) is 48.9 Å². The molecule has 0 bridgehead atoms. The molecule has 2 aromatic carbocycles. The summed E-state index contributed by atoms with van der Waals surface area (Å²) >= 11 is 1.67. The van der Waals surface area contributed by atoms with Crippen LogP contribution in [0.4, 0.5) is 5.69 Å². The smallest absolute Gasteiger partial charge is 0.267 e. The molecule has 0 saturated heterocycles. The van der Waals surface area contributed by atoms with Crippen LogP contribution >= 0.6 is 11.8 Å². The zero-order valence-corrected chi connectivity index (χ0v) is 15.7. The van der Waals surface area contributed by atoms with Crippen molar-refractivity contribution in [3.63, 3.8) is 0 Å². The summed E-state index contributed by atoms with van der Waals surface area (Å²) in [5.74, 6) is -0.204. The predicted octanol–water partition coefficient (Wildman–Crippen LogP) is 3.76. The van der Waals surface area contributed by atoms with Gasteiger partial charge in [-0.2, -0.15) is 5.10 Å². The molecule has 1 aliphatic rings. The number of aromatic nitrogens is 2. The van der Waals surface area contributed by atoms with Crippen LogP contribution in [0.2, 0.25) is 0 Å². The number of carbonyl (C=O) groups excluding carboxylic acids is 1. The Kier molecular flexibility index (Phi) is 4.81. The van der Waals surface area contributed by atoms with E-state index in [0.717, 1.165) is 21.7 Å². The number of hydrogen-bond donors (Lipinski definition) is 1. The number of amides is 1. The minimum Gasteiger partial charge on any atom is -0.324 e. The van der Waals surface area contributed by atoms with Crippen LogP contribution in [-0.2, 0) is 11.2 Å². The molecule has 0 aliphatic carbocycles. The highest BCUT2D eigenvalue weighted by Gasteiger charge is 2.26. The molecule has 0 radical (unpaired) electrons. The molecule has 1 aromatic heterocycles. The van der Waals surface area contributed by atoms with Gasteiger partial charge >= 0.3 is 0 Å². The number of nitrogens with one attached hydrogen (secondary N) is 1. The summed E-state index contributed by atoms with van der Waals surface area (Å²) in [6, 6.07) is 18.3. The molecule has 0 saturated carbocycles. The highest BCUT2D eigenvalue weighted by Crippen LogP contribution is 2.26. The second-order valence-corrected chi connectivity index (χ2v) is 7.31. The largest absolute Gasteiger partial charge is 0.324 e. The highest BCUT2D eigenvalue weighted by atomic mass is 32.2. The van der Waals surface area contributed by atoms with E-state index in [0.29, 0.717) is 18.5 Å². The van der Waals surface area contributed by atoms with Crippen molar-refractivity contribution in [3.8, 4) is 11.3 Å². The Morgan fingerprint density at radius 3 is 2.59 bits per heavy atom. The zero-order valence-electron chi connectivity index (χ0n) is 14.9. The van der Waals surface area contributed by atoms with Crippen molar-refractivity contribution in [3.05, 3.63) is 76.6 Å². The molecule has 0 unspecified atom stereocenters. The number of benzene rings is 2. The van der Waals surface area contributed by atoms with E-state index in [1.807, 2.05) is 54.8 Å². The van der Waals surface area contributed by atoms with Crippen LogP contribution < -0.4 is 10.9 Å². The first-order valence-corrected chi connectivity index (χ1v) is 10.0. The molecule has 1 N–H and O–H groups in total. The molecule has 4 rings (SSSR count). The fourth-order valence-corrected chi connectivity index (χ4v) is 3.71. The Bertz CT molecular complexity index is 1040. The third-order valence-corrected chi connectivity index (χ3v) is 5.51. The number of rotatable bonds is 3. The van der Waals surface area contributed by atoms with E-state index in [4.69, 9.17) is 0 Å². The molecule has 0 fully saturated rings. The van der Waals surface area contributed by atoms with E-state index in [1.165, 1.54) is 10.7 Å². The molecular weight excluding hydrogens is 358 g/mol. The maximum absolute atomic E-state index is 12.7. The van der Waals surface area contributed by atoms with Crippen LogP contribution in [-0.4, -0.2) is 21.9 Å². The van der Waals surface area contributed by atoms with E-state index in [1.54, 1.807) is 17.8 Å². The normalized spacial score (nSPS) is 16.3. The van der Waals surface area contributed by atoms with E-state index in [-0.39, 0.29) is 11.5 Å². The molecule has 27 heavy (non-hydrogen) atoms. The first-order chi connectivity index (χ1) is 13.2. The number of nitrogens with zero attached hydrogens (tertiary/aromatic N) is 2. The summed E-state index contributed by atoms with van der Waals surface area (Å²) < 4.78 is 1.32. The van der Waals surface area contributed by atoms with Crippen molar-refractivity contribution < 1.29 is 4.79 Å². The van der Waals surface area contributed by atoms with Crippen molar-refractivity contribution in [1.29, 1.82) is 0 Å². The lowest BCUT2D eigenvalue weighted by molar-refractivity contribution is -0.119. The maximum atomic E-state index is 12.7. The number of anilines is 1. The standard InChI is InChI=1S/C21H19N3O2S/c1-27-16-9-6-15(7-10-16)18-11-13-20(25)24(23-18)19-12-8-14-4-2-3-5-17(14)22-21(19)26/h2-7,9-11,13,19H,8,12H2,1H3,(H,22,26)/t19-/m0/s1. The van der Waals surface area contributed by atoms with Gasteiger partial charge in [-0.1, -0.05) is 30.3 Å². The van der Waals surface area contributed by atoms with E-state index < -0.39 is 6.04 Å². The Morgan fingerprint density at radius 1 is 1.04 bits per heavy atom. The monoisotopic (exact) mass is 377 g/mol. The van der Waals surface area contributed by atoms with Crippen LogP contribution in [0.3, 0.4) is 0 Å². The minimum atomic E-state index is -0.629. The van der Waals surface area contributed by atoms with Crippen LogP contribution in [0.5, 0.6) is 0 Å². The molecule has 3 aromatic rings. The number of aryl methyl sites for hydroxylation is 1. The van der Waals surface area contributed by atoms with Crippen LogP contribution in [0.25, 0.3) is 11.3 Å². The SMILES string of the molecule is CSc1ccc(-c2ccc(=O)n([C@H]3CCc4ccccc4NC3=O)n2)cc1. The van der Waals surface area contributed by atoms with Crippen LogP contribution in [0.1, 0.15) is 18.0 Å². The van der Waals surface area contributed by atoms with Crippen LogP contribution in [0, 0.1) is 0 Å². The summed E-state index contributed by atoms with van der Waals surface area (Å²) in [6.45, 7) is 0. The number of fused-ring (bicyclic) bond motifs is 1. The Labute approximate surface area is 161 Å². The molecule has 1 atom stereocenters. The van der Waals surface area contributed by atoms with Gasteiger partial charge in [0.25, 0.3) is 5.56 Å². The average Bonchev–Trinajstić information content (AvgIpc) is 2.87. The number of carbonyl (C=O) groups is 1. The molecule has 1 amide bonds. The van der Waals surface area contributed by atoms with Gasteiger partial charge in [0.2, 0.25) is 5.91 Å². The lowest BCUT2D eigenvalue weighted by atomic mass is 10.1. The van der Waals surface area contributed by atoms with Gasteiger partial charge in [0, 0.05) is 22.2 Å². The third-order valence-electron chi connectivity index (χ3n) is 4.77. The zero-order chi connectivity index (χ0) is 18.8. The first kappa shape index (κ1) is 17.5. The lowest BCUT2D eigenvalue weighted by Crippen LogP contribution is -2.34. The van der Waals surface area contributed by atoms with Gasteiger partial charge in [-0.3, -0.25) is 9.59 Å². The molecule has 0 spiro atoms. The van der Waals surface area contributed by atoms with Gasteiger partial charge in [-0.15, -0.1) is 11.8 Å². The van der Waals surface area contributed by atoms with Crippen LogP contribution in [0.15, 0.2) is 70.4 Å². The van der Waals surface area contributed by atoms with Gasteiger partial charge in [0.1, 0.15) is 6.04 Å². The summed E-state index contributed by atoms with van der Waals surface area (Å²) in [5.41, 5.74) is 3.20. The van der Waals surface area contributed by atoms with Gasteiger partial charge in [0.15, 0.2) is 0 Å². The lowest BCUT2D eigenvalue weighted by Gasteiger charge is -2.16. The van der Waals surface area contributed by atoms with Crippen molar-refractivity contribution >= 4 is 23.4 Å². The van der Waals surface area contributed by atoms with E-state index in [2.05, 4.69) is 10.4 Å². The summed E-state index contributed by atoms with van der Waals surface area (Å²) in [6.07, 6.45) is 3.26. The maximum Gasteiger partial charge on any atom is 0.267 e. The van der Waals surface area contributed by atoms with E-state index >= 15 is 0 Å².